The lowest BCUT2D eigenvalue weighted by Crippen LogP contribution is -2.26. The molecule has 3 rings (SSSR count). The van der Waals surface area contributed by atoms with E-state index in [-0.39, 0.29) is 22.8 Å². The second-order valence-corrected chi connectivity index (χ2v) is 6.63. The Labute approximate surface area is 169 Å². The molecule has 0 bridgehead atoms. The molecule has 2 N–H and O–H groups in total. The second kappa shape index (κ2) is 8.31. The molecule has 0 aliphatic heterocycles. The minimum atomic E-state index is -1.41. The number of benzene rings is 2. The van der Waals surface area contributed by atoms with E-state index in [0.717, 1.165) is 11.7 Å². The van der Waals surface area contributed by atoms with Crippen LogP contribution in [0.15, 0.2) is 30.3 Å². The first-order chi connectivity index (χ1) is 13.9. The lowest BCUT2D eigenvalue weighted by Gasteiger charge is -2.23. The van der Waals surface area contributed by atoms with Gasteiger partial charge in [0.2, 0.25) is 5.75 Å². The topological polar surface area (TPSA) is 128 Å². The highest BCUT2D eigenvalue weighted by Crippen LogP contribution is 2.43. The van der Waals surface area contributed by atoms with Crippen LogP contribution in [0.4, 0.5) is 0 Å². The number of carbonyl (C=O) groups is 2. The van der Waals surface area contributed by atoms with E-state index in [2.05, 4.69) is 8.75 Å². The molecule has 10 heteroatoms. The van der Waals surface area contributed by atoms with Crippen molar-refractivity contribution in [3.63, 3.8) is 0 Å². The van der Waals surface area contributed by atoms with Crippen LogP contribution in [0, 0.1) is 0 Å². The van der Waals surface area contributed by atoms with Crippen molar-refractivity contribution in [2.75, 3.05) is 21.3 Å². The quantitative estimate of drug-likeness (QED) is 0.567. The van der Waals surface area contributed by atoms with Crippen LogP contribution < -0.4 is 14.2 Å². The first-order valence-corrected chi connectivity index (χ1v) is 9.12. The molecule has 0 aliphatic rings. The number of nitrogens with zero attached hydrogens (tertiary/aromatic N) is 2. The lowest BCUT2D eigenvalue weighted by molar-refractivity contribution is -0.147. The van der Waals surface area contributed by atoms with Crippen molar-refractivity contribution in [3.8, 4) is 17.2 Å². The standard InChI is InChI=1S/C19H18N2O7S/c1-26-13-7-10(8-14(27-2)17(13)28-3)16(19(24)25)15(18(22)23)9-4-5-11-12(6-9)21-29-20-11/h4-8,15-16H,1-3H3,(H,22,23)(H,24,25). The number of fused-ring (bicyclic) bond motifs is 1. The molecule has 0 saturated carbocycles. The van der Waals surface area contributed by atoms with Crippen LogP contribution in [0.2, 0.25) is 0 Å². The maximum atomic E-state index is 12.2. The number of aromatic nitrogens is 2. The molecule has 2 atom stereocenters. The number of methoxy groups -OCH3 is 3. The van der Waals surface area contributed by atoms with Gasteiger partial charge in [-0.05, 0) is 35.4 Å². The Hall–Kier alpha value is -3.40. The third kappa shape index (κ3) is 3.79. The van der Waals surface area contributed by atoms with Crippen molar-refractivity contribution >= 4 is 34.7 Å². The minimum absolute atomic E-state index is 0.205. The molecule has 29 heavy (non-hydrogen) atoms. The fourth-order valence-electron chi connectivity index (χ4n) is 3.23. The summed E-state index contributed by atoms with van der Waals surface area (Å²) in [6, 6.07) is 7.61. The molecule has 152 valence electrons. The summed E-state index contributed by atoms with van der Waals surface area (Å²) in [5, 5.41) is 19.8. The zero-order valence-electron chi connectivity index (χ0n) is 15.8. The maximum absolute atomic E-state index is 12.2. The zero-order valence-corrected chi connectivity index (χ0v) is 16.6. The molecular formula is C19H18N2O7S. The van der Waals surface area contributed by atoms with Crippen molar-refractivity contribution in [2.45, 2.75) is 11.8 Å². The van der Waals surface area contributed by atoms with Gasteiger partial charge in [-0.15, -0.1) is 0 Å². The van der Waals surface area contributed by atoms with Gasteiger partial charge in [-0.2, -0.15) is 8.75 Å². The third-order valence-electron chi connectivity index (χ3n) is 4.55. The van der Waals surface area contributed by atoms with E-state index in [1.807, 2.05) is 0 Å². The molecular weight excluding hydrogens is 400 g/mol. The predicted octanol–water partition coefficient (Wildman–Crippen LogP) is 2.75. The Morgan fingerprint density at radius 2 is 1.38 bits per heavy atom. The van der Waals surface area contributed by atoms with Gasteiger partial charge in [0.15, 0.2) is 11.5 Å². The Morgan fingerprint density at radius 3 is 1.90 bits per heavy atom. The zero-order chi connectivity index (χ0) is 21.1. The minimum Gasteiger partial charge on any atom is -0.493 e. The van der Waals surface area contributed by atoms with Gasteiger partial charge in [-0.1, -0.05) is 6.07 Å². The lowest BCUT2D eigenvalue weighted by atomic mass is 9.81. The average Bonchev–Trinajstić information content (AvgIpc) is 3.17. The van der Waals surface area contributed by atoms with Crippen LogP contribution in [-0.4, -0.2) is 52.2 Å². The second-order valence-electron chi connectivity index (χ2n) is 6.10. The van der Waals surface area contributed by atoms with Crippen LogP contribution in [-0.2, 0) is 9.59 Å². The summed E-state index contributed by atoms with van der Waals surface area (Å²) in [5.41, 5.74) is 1.63. The summed E-state index contributed by atoms with van der Waals surface area (Å²) >= 11 is 0.996. The number of aliphatic carboxylic acids is 2. The van der Waals surface area contributed by atoms with Gasteiger partial charge in [0.25, 0.3) is 0 Å². The van der Waals surface area contributed by atoms with Crippen LogP contribution in [0.3, 0.4) is 0 Å². The first kappa shape index (κ1) is 20.3. The molecule has 0 aliphatic carbocycles. The summed E-state index contributed by atoms with van der Waals surface area (Å²) in [4.78, 5) is 24.3. The molecule has 2 aromatic carbocycles. The van der Waals surface area contributed by atoms with Gasteiger partial charge in [-0.3, -0.25) is 9.59 Å². The number of rotatable bonds is 8. The van der Waals surface area contributed by atoms with Crippen LogP contribution >= 0.6 is 11.7 Å². The summed E-state index contributed by atoms with van der Waals surface area (Å²) in [7, 11) is 4.22. The smallest absolute Gasteiger partial charge is 0.312 e. The number of carboxylic acids is 2. The first-order valence-electron chi connectivity index (χ1n) is 8.39. The van der Waals surface area contributed by atoms with E-state index in [1.54, 1.807) is 18.2 Å². The summed E-state index contributed by atoms with van der Waals surface area (Å²) in [6.07, 6.45) is 0. The largest absolute Gasteiger partial charge is 0.493 e. The Bertz CT molecular complexity index is 1040. The van der Waals surface area contributed by atoms with Crippen molar-refractivity contribution in [1.82, 2.24) is 8.75 Å². The van der Waals surface area contributed by atoms with Gasteiger partial charge in [0.1, 0.15) is 11.0 Å². The van der Waals surface area contributed by atoms with Crippen LogP contribution in [0.5, 0.6) is 17.2 Å². The van der Waals surface area contributed by atoms with E-state index >= 15 is 0 Å². The maximum Gasteiger partial charge on any atom is 0.312 e. The number of hydrogen-bond acceptors (Lipinski definition) is 8. The highest BCUT2D eigenvalue weighted by molar-refractivity contribution is 7.00. The molecule has 2 unspecified atom stereocenters. The monoisotopic (exact) mass is 418 g/mol. The summed E-state index contributed by atoms with van der Waals surface area (Å²) < 4.78 is 24.0. The van der Waals surface area contributed by atoms with E-state index in [4.69, 9.17) is 14.2 Å². The fraction of sp³-hybridized carbons (Fsp3) is 0.263. The molecule has 0 saturated heterocycles. The predicted molar refractivity (Wildman–Crippen MR) is 104 cm³/mol. The van der Waals surface area contributed by atoms with Crippen molar-refractivity contribution in [3.05, 3.63) is 41.5 Å². The summed E-state index contributed by atoms with van der Waals surface area (Å²) in [6.45, 7) is 0. The van der Waals surface area contributed by atoms with Crippen LogP contribution in [0.1, 0.15) is 23.0 Å². The SMILES string of the molecule is COc1cc(C(C(=O)O)C(C(=O)O)c2ccc3nsnc3c2)cc(OC)c1OC. The summed E-state index contributed by atoms with van der Waals surface area (Å²) in [5.74, 6) is -4.62. The molecule has 0 radical (unpaired) electrons. The average molecular weight is 418 g/mol. The van der Waals surface area contributed by atoms with E-state index in [0.29, 0.717) is 16.6 Å². The van der Waals surface area contributed by atoms with Gasteiger partial charge >= 0.3 is 11.9 Å². The van der Waals surface area contributed by atoms with Crippen molar-refractivity contribution < 1.29 is 34.0 Å². The molecule has 1 heterocycles. The van der Waals surface area contributed by atoms with E-state index in [1.165, 1.54) is 33.5 Å². The fourth-order valence-corrected chi connectivity index (χ4v) is 3.75. The Balaban J connectivity index is 2.18. The molecule has 0 spiro atoms. The van der Waals surface area contributed by atoms with Gasteiger partial charge in [-0.25, -0.2) is 0 Å². The van der Waals surface area contributed by atoms with E-state index < -0.39 is 23.8 Å². The van der Waals surface area contributed by atoms with Crippen molar-refractivity contribution in [1.29, 1.82) is 0 Å². The Morgan fingerprint density at radius 1 is 0.828 bits per heavy atom. The highest BCUT2D eigenvalue weighted by Gasteiger charge is 2.38. The number of ether oxygens (including phenoxy) is 3. The number of carboxylic acid groups (broad SMARTS) is 2. The van der Waals surface area contributed by atoms with Gasteiger partial charge in [0, 0.05) is 0 Å². The van der Waals surface area contributed by atoms with Gasteiger partial charge < -0.3 is 24.4 Å². The molecule has 3 aromatic rings. The van der Waals surface area contributed by atoms with E-state index in [9.17, 15) is 19.8 Å². The highest BCUT2D eigenvalue weighted by atomic mass is 32.1. The molecule has 9 nitrogen and oxygen atoms in total. The third-order valence-corrected chi connectivity index (χ3v) is 5.11. The molecule has 0 fully saturated rings. The van der Waals surface area contributed by atoms with Crippen LogP contribution in [0.25, 0.3) is 11.0 Å². The number of hydrogen-bond donors (Lipinski definition) is 2. The van der Waals surface area contributed by atoms with Gasteiger partial charge in [0.05, 0.1) is 44.9 Å². The van der Waals surface area contributed by atoms with Crippen molar-refractivity contribution in [2.24, 2.45) is 0 Å². The molecule has 0 amide bonds. The normalized spacial score (nSPS) is 12.9. The Kier molecular flexibility index (Phi) is 5.83. The molecule has 1 aromatic heterocycles.